The van der Waals surface area contributed by atoms with Crippen LogP contribution < -0.4 is 10.1 Å². The molecule has 0 bridgehead atoms. The second kappa shape index (κ2) is 9.64. The fourth-order valence-corrected chi connectivity index (χ4v) is 4.23. The number of carbonyl (C=O) groups excluding carboxylic acids is 1. The van der Waals surface area contributed by atoms with Crippen LogP contribution in [0.2, 0.25) is 5.02 Å². The maximum Gasteiger partial charge on any atom is 0.322 e. The summed E-state index contributed by atoms with van der Waals surface area (Å²) in [5.41, 5.74) is 4.16. The van der Waals surface area contributed by atoms with Gasteiger partial charge < -0.3 is 14.6 Å². The second-order valence-electron chi connectivity index (χ2n) is 8.16. The SMILES string of the molecule is COc1ccc(-c2noc(C3=C(C)N(Cc4ccc(Cl)cc4)C(=O)NC3c3ccccc3)n2)cc1. The van der Waals surface area contributed by atoms with Crippen LogP contribution in [0, 0.1) is 0 Å². The zero-order valence-corrected chi connectivity index (χ0v) is 20.0. The summed E-state index contributed by atoms with van der Waals surface area (Å²) >= 11 is 6.03. The molecular weight excluding hydrogens is 464 g/mol. The highest BCUT2D eigenvalue weighted by molar-refractivity contribution is 6.30. The van der Waals surface area contributed by atoms with Gasteiger partial charge in [0.2, 0.25) is 5.82 Å². The number of carbonyl (C=O) groups is 1. The third-order valence-corrected chi connectivity index (χ3v) is 6.24. The molecule has 0 radical (unpaired) electrons. The van der Waals surface area contributed by atoms with E-state index in [1.54, 1.807) is 12.0 Å². The molecule has 4 aromatic rings. The maximum absolute atomic E-state index is 13.2. The number of ether oxygens (including phenoxy) is 1. The van der Waals surface area contributed by atoms with Crippen LogP contribution in [-0.4, -0.2) is 28.2 Å². The molecule has 2 heterocycles. The minimum absolute atomic E-state index is 0.204. The second-order valence-corrected chi connectivity index (χ2v) is 8.59. The fourth-order valence-electron chi connectivity index (χ4n) is 4.11. The summed E-state index contributed by atoms with van der Waals surface area (Å²) in [6.07, 6.45) is 0. The summed E-state index contributed by atoms with van der Waals surface area (Å²) in [7, 11) is 1.62. The number of aromatic nitrogens is 2. The summed E-state index contributed by atoms with van der Waals surface area (Å²) < 4.78 is 11.0. The molecule has 1 aliphatic rings. The summed E-state index contributed by atoms with van der Waals surface area (Å²) in [4.78, 5) is 19.6. The van der Waals surface area contributed by atoms with E-state index in [1.165, 1.54) is 0 Å². The van der Waals surface area contributed by atoms with Gasteiger partial charge >= 0.3 is 6.03 Å². The van der Waals surface area contributed by atoms with Gasteiger partial charge in [0.05, 0.1) is 25.3 Å². The van der Waals surface area contributed by atoms with Crippen LogP contribution in [-0.2, 0) is 6.54 Å². The van der Waals surface area contributed by atoms with Crippen LogP contribution in [0.3, 0.4) is 0 Å². The van der Waals surface area contributed by atoms with E-state index in [0.717, 1.165) is 33.7 Å². The Morgan fingerprint density at radius 2 is 1.74 bits per heavy atom. The van der Waals surface area contributed by atoms with Crippen molar-refractivity contribution in [1.82, 2.24) is 20.4 Å². The molecule has 1 aromatic heterocycles. The third-order valence-electron chi connectivity index (χ3n) is 5.99. The molecule has 8 heteroatoms. The van der Waals surface area contributed by atoms with Gasteiger partial charge in [-0.3, -0.25) is 4.90 Å². The van der Waals surface area contributed by atoms with Crippen LogP contribution in [0.25, 0.3) is 17.0 Å². The Hall–Kier alpha value is -4.10. The van der Waals surface area contributed by atoms with E-state index in [2.05, 4.69) is 10.5 Å². The van der Waals surface area contributed by atoms with E-state index in [-0.39, 0.29) is 6.03 Å². The van der Waals surface area contributed by atoms with Crippen molar-refractivity contribution >= 4 is 23.2 Å². The van der Waals surface area contributed by atoms with Crippen molar-refractivity contribution < 1.29 is 14.1 Å². The van der Waals surface area contributed by atoms with Crippen molar-refractivity contribution in [3.8, 4) is 17.1 Å². The summed E-state index contributed by atoms with van der Waals surface area (Å²) in [6.45, 7) is 2.27. The highest BCUT2D eigenvalue weighted by Gasteiger charge is 2.35. The number of nitrogens with one attached hydrogen (secondary N) is 1. The number of rotatable bonds is 6. The van der Waals surface area contributed by atoms with Crippen LogP contribution >= 0.6 is 11.6 Å². The Labute approximate surface area is 208 Å². The van der Waals surface area contributed by atoms with Crippen LogP contribution in [0.4, 0.5) is 4.79 Å². The Morgan fingerprint density at radius 1 is 1.03 bits per heavy atom. The number of hydrogen-bond acceptors (Lipinski definition) is 5. The van der Waals surface area contributed by atoms with Gasteiger partial charge in [0.15, 0.2) is 0 Å². The first kappa shape index (κ1) is 22.7. The van der Waals surface area contributed by atoms with Crippen molar-refractivity contribution in [3.05, 3.63) is 107 Å². The van der Waals surface area contributed by atoms with Gasteiger partial charge in [-0.2, -0.15) is 4.98 Å². The van der Waals surface area contributed by atoms with Crippen LogP contribution in [0.5, 0.6) is 5.75 Å². The topological polar surface area (TPSA) is 80.5 Å². The molecule has 1 N–H and O–H groups in total. The standard InChI is InChI=1S/C27H23ClN4O3/c1-17-23(26-30-25(31-35-26)20-10-14-22(34-2)15-11-20)24(19-6-4-3-5-7-19)29-27(33)32(17)16-18-8-12-21(28)13-9-18/h3-15,24H,16H2,1-2H3,(H,29,33). The first-order valence-corrected chi connectivity index (χ1v) is 11.5. The average Bonchev–Trinajstić information content (AvgIpc) is 3.37. The van der Waals surface area contributed by atoms with Crippen molar-refractivity contribution in [2.45, 2.75) is 19.5 Å². The quantitative estimate of drug-likeness (QED) is 0.356. The van der Waals surface area contributed by atoms with Gasteiger partial charge in [0, 0.05) is 16.3 Å². The number of methoxy groups -OCH3 is 1. The number of amides is 2. The normalized spacial score (nSPS) is 15.8. The number of nitrogens with zero attached hydrogens (tertiary/aromatic N) is 3. The number of allylic oxidation sites excluding steroid dienone is 1. The van der Waals surface area contributed by atoms with E-state index in [9.17, 15) is 4.79 Å². The van der Waals surface area contributed by atoms with Gasteiger partial charge in [-0.1, -0.05) is 59.2 Å². The highest BCUT2D eigenvalue weighted by Crippen LogP contribution is 2.38. The lowest BCUT2D eigenvalue weighted by Gasteiger charge is -2.35. The van der Waals surface area contributed by atoms with Crippen molar-refractivity contribution in [2.24, 2.45) is 0 Å². The van der Waals surface area contributed by atoms with E-state index in [4.69, 9.17) is 25.8 Å². The smallest absolute Gasteiger partial charge is 0.322 e. The average molecular weight is 487 g/mol. The lowest BCUT2D eigenvalue weighted by atomic mass is 9.94. The first-order valence-electron chi connectivity index (χ1n) is 11.1. The van der Waals surface area contributed by atoms with Gasteiger partial charge in [-0.05, 0) is 54.4 Å². The number of halogens is 1. The number of benzene rings is 3. The molecule has 1 unspecified atom stereocenters. The largest absolute Gasteiger partial charge is 0.497 e. The molecule has 0 saturated carbocycles. The van der Waals surface area contributed by atoms with Crippen LogP contribution in [0.1, 0.15) is 30.0 Å². The zero-order chi connectivity index (χ0) is 24.4. The summed E-state index contributed by atoms with van der Waals surface area (Å²) in [5.74, 6) is 1.55. The van der Waals surface area contributed by atoms with Crippen molar-refractivity contribution in [3.63, 3.8) is 0 Å². The van der Waals surface area contributed by atoms with Crippen molar-refractivity contribution in [2.75, 3.05) is 7.11 Å². The Kier molecular flexibility index (Phi) is 6.25. The highest BCUT2D eigenvalue weighted by atomic mass is 35.5. The van der Waals surface area contributed by atoms with E-state index >= 15 is 0 Å². The Morgan fingerprint density at radius 3 is 2.43 bits per heavy atom. The summed E-state index contributed by atoms with van der Waals surface area (Å²) in [5, 5.41) is 7.97. The molecule has 0 saturated heterocycles. The number of urea groups is 1. The van der Waals surface area contributed by atoms with Gasteiger partial charge in [0.25, 0.3) is 5.89 Å². The van der Waals surface area contributed by atoms with Gasteiger partial charge in [0.1, 0.15) is 5.75 Å². The first-order chi connectivity index (χ1) is 17.0. The monoisotopic (exact) mass is 486 g/mol. The third kappa shape index (κ3) is 4.63. The lowest BCUT2D eigenvalue weighted by Crippen LogP contribution is -2.45. The minimum Gasteiger partial charge on any atom is -0.497 e. The fraction of sp³-hybridized carbons (Fsp3) is 0.148. The predicted molar refractivity (Wildman–Crippen MR) is 134 cm³/mol. The summed E-state index contributed by atoms with van der Waals surface area (Å²) in [6, 6.07) is 24.0. The molecule has 176 valence electrons. The Bertz CT molecular complexity index is 1370. The van der Waals surface area contributed by atoms with E-state index in [0.29, 0.717) is 23.3 Å². The van der Waals surface area contributed by atoms with Gasteiger partial charge in [-0.25, -0.2) is 4.79 Å². The molecule has 7 nitrogen and oxygen atoms in total. The minimum atomic E-state index is -0.436. The molecule has 3 aromatic carbocycles. The maximum atomic E-state index is 13.2. The lowest BCUT2D eigenvalue weighted by molar-refractivity contribution is 0.203. The Balaban J connectivity index is 1.56. The molecule has 0 fully saturated rings. The van der Waals surface area contributed by atoms with Gasteiger partial charge in [-0.15, -0.1) is 0 Å². The molecular formula is C27H23ClN4O3. The molecule has 5 rings (SSSR count). The van der Waals surface area contributed by atoms with Crippen LogP contribution in [0.15, 0.2) is 89.1 Å². The molecule has 0 aliphatic carbocycles. The molecule has 2 amide bonds. The van der Waals surface area contributed by atoms with E-state index in [1.807, 2.05) is 85.8 Å². The van der Waals surface area contributed by atoms with E-state index < -0.39 is 6.04 Å². The molecule has 35 heavy (non-hydrogen) atoms. The molecule has 1 atom stereocenters. The van der Waals surface area contributed by atoms with Crippen molar-refractivity contribution in [1.29, 1.82) is 0 Å². The zero-order valence-electron chi connectivity index (χ0n) is 19.2. The molecule has 0 spiro atoms. The number of hydrogen-bond donors (Lipinski definition) is 1. The molecule has 1 aliphatic heterocycles. The predicted octanol–water partition coefficient (Wildman–Crippen LogP) is 6.10.